The molecule has 1 fully saturated rings. The molecule has 2 atom stereocenters. The van der Waals surface area contributed by atoms with Crippen molar-refractivity contribution in [2.75, 3.05) is 12.5 Å². The van der Waals surface area contributed by atoms with E-state index in [1.165, 1.54) is 7.11 Å². The molecule has 11 heteroatoms. The first-order chi connectivity index (χ1) is 17.0. The molecule has 11 nitrogen and oxygen atoms in total. The molecule has 0 saturated heterocycles. The first-order valence-electron chi connectivity index (χ1n) is 12.2. The number of methoxy groups -OCH3 is 1. The highest BCUT2D eigenvalue weighted by Gasteiger charge is 2.62. The molecule has 1 aromatic carbocycles. The second-order valence-corrected chi connectivity index (χ2v) is 12.4. The number of hydrazone groups is 1. The van der Waals surface area contributed by atoms with Crippen LogP contribution in [0.4, 0.5) is 17.1 Å². The minimum absolute atomic E-state index is 0.00877. The van der Waals surface area contributed by atoms with Crippen molar-refractivity contribution in [1.29, 1.82) is 0 Å². The van der Waals surface area contributed by atoms with E-state index in [-0.39, 0.29) is 28.0 Å². The second-order valence-electron chi connectivity index (χ2n) is 12.4. The number of esters is 1. The smallest absolute Gasteiger partial charge is 0.316 e. The molecule has 3 aliphatic rings. The van der Waals surface area contributed by atoms with Gasteiger partial charge < -0.3 is 4.74 Å². The van der Waals surface area contributed by atoms with Crippen molar-refractivity contribution in [2.24, 2.45) is 26.8 Å². The van der Waals surface area contributed by atoms with E-state index >= 15 is 0 Å². The number of Topliss-reactive ketones (excluding diaryl/α,β-unsaturated/α-hetero) is 1. The summed E-state index contributed by atoms with van der Waals surface area (Å²) in [6, 6.07) is 3.09. The maximum Gasteiger partial charge on any atom is 0.316 e. The number of nitro benzene ring substituents is 2. The van der Waals surface area contributed by atoms with E-state index in [4.69, 9.17) is 4.74 Å². The third-order valence-corrected chi connectivity index (χ3v) is 7.82. The predicted molar refractivity (Wildman–Crippen MR) is 136 cm³/mol. The van der Waals surface area contributed by atoms with Crippen LogP contribution in [0.3, 0.4) is 0 Å². The second kappa shape index (κ2) is 8.46. The maximum absolute atomic E-state index is 14.1. The number of non-ortho nitro benzene ring substituents is 2. The SMILES string of the molecule is COC(=O)[C@@]12CC(C)(C)C[C@@](C)(CC3=C1C(=O)C(=NNc1cc([N+](=O)[O-])cc([N+](=O)[O-])c1)C(C)(C)C3)C2. The van der Waals surface area contributed by atoms with Crippen LogP contribution < -0.4 is 5.43 Å². The molecule has 0 aromatic heterocycles. The third kappa shape index (κ3) is 4.51. The lowest BCUT2D eigenvalue weighted by molar-refractivity contribution is -0.394. The van der Waals surface area contributed by atoms with Gasteiger partial charge in [-0.05, 0) is 42.9 Å². The molecule has 0 spiro atoms. The zero-order chi connectivity index (χ0) is 27.6. The molecule has 1 N–H and O–H groups in total. The molecule has 0 aliphatic heterocycles. The molecule has 198 valence electrons. The third-order valence-electron chi connectivity index (χ3n) is 7.82. The van der Waals surface area contributed by atoms with Crippen LogP contribution in [0.1, 0.15) is 66.7 Å². The molecule has 0 unspecified atom stereocenters. The van der Waals surface area contributed by atoms with Crippen LogP contribution in [0.25, 0.3) is 0 Å². The van der Waals surface area contributed by atoms with Crippen LogP contribution in [-0.2, 0) is 14.3 Å². The zero-order valence-electron chi connectivity index (χ0n) is 22.0. The summed E-state index contributed by atoms with van der Waals surface area (Å²) in [6.45, 7) is 10.2. The molecular formula is C26H32N4O7. The minimum Gasteiger partial charge on any atom is -0.468 e. The van der Waals surface area contributed by atoms with Gasteiger partial charge in [0, 0.05) is 23.1 Å². The Hall–Kier alpha value is -3.63. The Balaban J connectivity index is 1.82. The lowest BCUT2D eigenvalue weighted by atomic mass is 9.45. The van der Waals surface area contributed by atoms with Crippen LogP contribution in [-0.4, -0.2) is 34.4 Å². The molecule has 3 aliphatic carbocycles. The molecule has 0 heterocycles. The standard InChI is InChI=1S/C26H32N4O7/c1-23(2)12-25(5)11-15-10-24(3,4)21(20(31)19(15)26(13-23,14-25)22(32)37-6)28-27-16-7-17(29(33)34)9-18(8-16)30(35)36/h7-9,27H,10-14H2,1-6H3/t25-,26-/m1/s1. The van der Waals surface area contributed by atoms with Crippen molar-refractivity contribution in [3.63, 3.8) is 0 Å². The molecule has 2 bridgehead atoms. The van der Waals surface area contributed by atoms with Crippen LogP contribution in [0.5, 0.6) is 0 Å². The first-order valence-corrected chi connectivity index (χ1v) is 12.2. The van der Waals surface area contributed by atoms with E-state index < -0.39 is 38.0 Å². The van der Waals surface area contributed by atoms with E-state index in [1.807, 2.05) is 13.8 Å². The van der Waals surface area contributed by atoms with Gasteiger partial charge in [0.25, 0.3) is 11.4 Å². The quantitative estimate of drug-likeness (QED) is 0.315. The number of benzene rings is 1. The Morgan fingerprint density at radius 3 is 2.11 bits per heavy atom. The summed E-state index contributed by atoms with van der Waals surface area (Å²) in [5, 5.41) is 26.9. The largest absolute Gasteiger partial charge is 0.468 e. The molecule has 37 heavy (non-hydrogen) atoms. The van der Waals surface area contributed by atoms with Gasteiger partial charge in [0.1, 0.15) is 5.71 Å². The van der Waals surface area contributed by atoms with Crippen molar-refractivity contribution in [3.05, 3.63) is 49.6 Å². The molecular weight excluding hydrogens is 480 g/mol. The lowest BCUT2D eigenvalue weighted by Gasteiger charge is -2.57. The number of ether oxygens (including phenoxy) is 1. The van der Waals surface area contributed by atoms with Gasteiger partial charge >= 0.3 is 5.97 Å². The Labute approximate surface area is 214 Å². The van der Waals surface area contributed by atoms with Crippen molar-refractivity contribution < 1.29 is 24.2 Å². The number of nitrogens with one attached hydrogen (secondary N) is 1. The van der Waals surface area contributed by atoms with Crippen LogP contribution >= 0.6 is 0 Å². The summed E-state index contributed by atoms with van der Waals surface area (Å²) >= 11 is 0. The fourth-order valence-corrected chi connectivity index (χ4v) is 7.34. The summed E-state index contributed by atoms with van der Waals surface area (Å²) in [7, 11) is 1.34. The lowest BCUT2D eigenvalue weighted by Crippen LogP contribution is -2.56. The van der Waals surface area contributed by atoms with Crippen molar-refractivity contribution in [1.82, 2.24) is 0 Å². The van der Waals surface area contributed by atoms with Crippen LogP contribution in [0.15, 0.2) is 34.4 Å². The van der Waals surface area contributed by atoms with E-state index in [9.17, 15) is 29.8 Å². The Bertz CT molecular complexity index is 1260. The number of nitrogens with zero attached hydrogens (tertiary/aromatic N) is 3. The summed E-state index contributed by atoms with van der Waals surface area (Å²) in [5.74, 6) is -0.780. The van der Waals surface area contributed by atoms with Crippen molar-refractivity contribution in [2.45, 2.75) is 66.7 Å². The van der Waals surface area contributed by atoms with Gasteiger partial charge in [0.2, 0.25) is 5.78 Å². The number of allylic oxidation sites excluding steroid dienone is 1. The number of ketones is 1. The van der Waals surface area contributed by atoms with Gasteiger partial charge in [-0.1, -0.05) is 40.2 Å². The molecule has 0 radical (unpaired) electrons. The van der Waals surface area contributed by atoms with Crippen LogP contribution in [0.2, 0.25) is 0 Å². The Morgan fingerprint density at radius 1 is 0.973 bits per heavy atom. The van der Waals surface area contributed by atoms with Gasteiger partial charge in [-0.25, -0.2) is 0 Å². The van der Waals surface area contributed by atoms with Gasteiger partial charge in [0.05, 0.1) is 34.1 Å². The van der Waals surface area contributed by atoms with Crippen LogP contribution in [0, 0.1) is 41.9 Å². The fourth-order valence-electron chi connectivity index (χ4n) is 7.34. The number of fused-ring (bicyclic) bond motifs is 3. The van der Waals surface area contributed by atoms with E-state index in [2.05, 4.69) is 31.3 Å². The minimum atomic E-state index is -1.09. The van der Waals surface area contributed by atoms with Gasteiger partial charge in [-0.2, -0.15) is 5.10 Å². The number of nitro groups is 2. The number of rotatable bonds is 5. The van der Waals surface area contributed by atoms with E-state index in [1.54, 1.807) is 0 Å². The van der Waals surface area contributed by atoms with E-state index in [0.29, 0.717) is 31.3 Å². The normalized spacial score (nSPS) is 28.9. The summed E-state index contributed by atoms with van der Waals surface area (Å²) < 4.78 is 5.28. The topological polar surface area (TPSA) is 154 Å². The van der Waals surface area contributed by atoms with Gasteiger partial charge in [0.15, 0.2) is 0 Å². The van der Waals surface area contributed by atoms with Crippen molar-refractivity contribution >= 4 is 34.5 Å². The summed E-state index contributed by atoms with van der Waals surface area (Å²) in [5.41, 5.74) is 1.14. The summed E-state index contributed by atoms with van der Waals surface area (Å²) in [4.78, 5) is 48.6. The average Bonchev–Trinajstić information content (AvgIpc) is 2.75. The highest BCUT2D eigenvalue weighted by molar-refractivity contribution is 6.49. The monoisotopic (exact) mass is 512 g/mol. The zero-order valence-corrected chi connectivity index (χ0v) is 22.0. The first kappa shape index (κ1) is 26.4. The molecule has 0 amide bonds. The number of hydrogen-bond donors (Lipinski definition) is 1. The van der Waals surface area contributed by atoms with Gasteiger partial charge in [-0.15, -0.1) is 0 Å². The maximum atomic E-state index is 14.1. The number of anilines is 1. The molecule has 1 aromatic rings. The molecule has 4 rings (SSSR count). The van der Waals surface area contributed by atoms with Gasteiger partial charge in [-0.3, -0.25) is 35.2 Å². The number of carbonyl (C=O) groups is 2. The number of carbonyl (C=O) groups excluding carboxylic acids is 2. The highest BCUT2D eigenvalue weighted by atomic mass is 16.6. The molecule has 1 saturated carbocycles. The highest BCUT2D eigenvalue weighted by Crippen LogP contribution is 2.65. The summed E-state index contributed by atoms with van der Waals surface area (Å²) in [6.07, 6.45) is 3.14. The van der Waals surface area contributed by atoms with Crippen molar-refractivity contribution in [3.8, 4) is 0 Å². The number of hydrogen-bond acceptors (Lipinski definition) is 9. The fraction of sp³-hybridized carbons (Fsp3) is 0.577. The van der Waals surface area contributed by atoms with E-state index in [0.717, 1.165) is 30.2 Å². The Morgan fingerprint density at radius 2 is 1.57 bits per heavy atom. The average molecular weight is 513 g/mol. The Kier molecular flexibility index (Phi) is 6.04. The predicted octanol–water partition coefficient (Wildman–Crippen LogP) is 5.35.